The summed E-state index contributed by atoms with van der Waals surface area (Å²) in [5.74, 6) is -1.44. The molecule has 1 fully saturated rings. The summed E-state index contributed by atoms with van der Waals surface area (Å²) in [5.41, 5.74) is 0.793. The summed E-state index contributed by atoms with van der Waals surface area (Å²) in [6.45, 7) is 2.12. The van der Waals surface area contributed by atoms with Crippen molar-refractivity contribution in [3.05, 3.63) is 35.6 Å². The first-order valence-electron chi connectivity index (χ1n) is 6.14. The molecular weight excluding hydrogens is 251 g/mol. The van der Waals surface area contributed by atoms with Gasteiger partial charge in [-0.25, -0.2) is 4.39 Å². The van der Waals surface area contributed by atoms with Crippen LogP contribution >= 0.6 is 0 Å². The Balaban J connectivity index is 1.95. The maximum Gasteiger partial charge on any atom is 0.308 e. The van der Waals surface area contributed by atoms with Crippen LogP contribution in [-0.2, 0) is 25.4 Å². The molecule has 4 nitrogen and oxygen atoms in total. The molecule has 1 aliphatic rings. The van der Waals surface area contributed by atoms with Crippen LogP contribution in [0.3, 0.4) is 0 Å². The van der Waals surface area contributed by atoms with Crippen LogP contribution in [0, 0.1) is 5.82 Å². The number of methoxy groups -OCH3 is 1. The molecule has 19 heavy (non-hydrogen) atoms. The Kier molecular flexibility index (Phi) is 4.17. The lowest BCUT2D eigenvalue weighted by molar-refractivity contribution is -0.159. The average Bonchev–Trinajstić information content (AvgIpc) is 2.70. The number of benzene rings is 1. The van der Waals surface area contributed by atoms with Crippen LogP contribution in [0.25, 0.3) is 0 Å². The molecule has 0 spiro atoms. The van der Waals surface area contributed by atoms with Crippen LogP contribution in [0.4, 0.5) is 4.39 Å². The third kappa shape index (κ3) is 3.75. The second kappa shape index (κ2) is 5.67. The largest absolute Gasteiger partial charge is 0.469 e. The van der Waals surface area contributed by atoms with Crippen molar-refractivity contribution < 1.29 is 23.4 Å². The summed E-state index contributed by atoms with van der Waals surface area (Å²) in [5, 5.41) is 0. The fourth-order valence-electron chi connectivity index (χ4n) is 2.17. The van der Waals surface area contributed by atoms with Crippen molar-refractivity contribution in [1.82, 2.24) is 0 Å². The predicted molar refractivity (Wildman–Crippen MR) is 66.0 cm³/mol. The molecular formula is C14H17FO4. The maximum atomic E-state index is 13.1. The van der Waals surface area contributed by atoms with Gasteiger partial charge in [-0.1, -0.05) is 12.1 Å². The zero-order valence-electron chi connectivity index (χ0n) is 11.0. The number of esters is 1. The third-order valence-corrected chi connectivity index (χ3v) is 3.03. The van der Waals surface area contributed by atoms with Gasteiger partial charge in [0.15, 0.2) is 5.79 Å². The molecule has 1 heterocycles. The van der Waals surface area contributed by atoms with Crippen molar-refractivity contribution in [3.63, 3.8) is 0 Å². The van der Waals surface area contributed by atoms with Crippen LogP contribution < -0.4 is 0 Å². The van der Waals surface area contributed by atoms with Crippen molar-refractivity contribution in [1.29, 1.82) is 0 Å². The van der Waals surface area contributed by atoms with E-state index < -0.39 is 5.79 Å². The Morgan fingerprint density at radius 2 is 2.37 bits per heavy atom. The fourth-order valence-corrected chi connectivity index (χ4v) is 2.17. The number of hydrogen-bond donors (Lipinski definition) is 0. The number of carbonyl (C=O) groups excluding carboxylic acids is 1. The van der Waals surface area contributed by atoms with Crippen molar-refractivity contribution in [3.8, 4) is 0 Å². The monoisotopic (exact) mass is 268 g/mol. The highest BCUT2D eigenvalue weighted by atomic mass is 19.1. The zero-order chi connectivity index (χ0) is 13.9. The van der Waals surface area contributed by atoms with Gasteiger partial charge in [-0.15, -0.1) is 0 Å². The molecule has 0 bridgehead atoms. The third-order valence-electron chi connectivity index (χ3n) is 3.03. The number of hydrogen-bond acceptors (Lipinski definition) is 4. The summed E-state index contributed by atoms with van der Waals surface area (Å²) in [6, 6.07) is 6.30. The molecule has 1 aromatic carbocycles. The zero-order valence-corrected chi connectivity index (χ0v) is 11.0. The van der Waals surface area contributed by atoms with Gasteiger partial charge >= 0.3 is 5.97 Å². The van der Waals surface area contributed by atoms with E-state index in [4.69, 9.17) is 9.47 Å². The summed E-state index contributed by atoms with van der Waals surface area (Å²) in [7, 11) is 1.34. The standard InChI is InChI=1S/C14H17FO4/c1-14(8-10-4-3-5-11(15)6-10)18-9-12(19-14)7-13(16)17-2/h3-6,12H,7-9H2,1-2H3. The lowest BCUT2D eigenvalue weighted by atomic mass is 10.1. The number of carbonyl (C=O) groups is 1. The molecule has 0 aromatic heterocycles. The highest BCUT2D eigenvalue weighted by molar-refractivity contribution is 5.69. The molecule has 1 aliphatic heterocycles. The van der Waals surface area contributed by atoms with Crippen LogP contribution in [-0.4, -0.2) is 31.6 Å². The first-order valence-corrected chi connectivity index (χ1v) is 6.14. The molecule has 5 heteroatoms. The Morgan fingerprint density at radius 3 is 3.05 bits per heavy atom. The van der Waals surface area contributed by atoms with E-state index in [1.807, 2.05) is 6.07 Å². The predicted octanol–water partition coefficient (Wildman–Crippen LogP) is 2.06. The Hall–Kier alpha value is -1.46. The van der Waals surface area contributed by atoms with E-state index in [0.29, 0.717) is 13.0 Å². The molecule has 2 rings (SSSR count). The normalized spacial score (nSPS) is 26.4. The van der Waals surface area contributed by atoms with Gasteiger partial charge in [-0.05, 0) is 24.6 Å². The molecule has 0 radical (unpaired) electrons. The van der Waals surface area contributed by atoms with Crippen LogP contribution in [0.1, 0.15) is 18.9 Å². The maximum absolute atomic E-state index is 13.1. The first-order chi connectivity index (χ1) is 9.00. The minimum Gasteiger partial charge on any atom is -0.469 e. The summed E-state index contributed by atoms with van der Waals surface area (Å²) in [6.07, 6.45) is 0.281. The molecule has 2 atom stereocenters. The first kappa shape index (κ1) is 14.0. The van der Waals surface area contributed by atoms with E-state index in [9.17, 15) is 9.18 Å². The molecule has 0 aliphatic carbocycles. The van der Waals surface area contributed by atoms with E-state index in [0.717, 1.165) is 5.56 Å². The van der Waals surface area contributed by atoms with E-state index >= 15 is 0 Å². The van der Waals surface area contributed by atoms with Crippen LogP contribution in [0.15, 0.2) is 24.3 Å². The van der Waals surface area contributed by atoms with Crippen molar-refractivity contribution in [2.24, 2.45) is 0 Å². The summed E-state index contributed by atoms with van der Waals surface area (Å²) < 4.78 is 29.0. The van der Waals surface area contributed by atoms with Crippen LogP contribution in [0.2, 0.25) is 0 Å². The van der Waals surface area contributed by atoms with Gasteiger partial charge in [-0.2, -0.15) is 0 Å². The smallest absolute Gasteiger partial charge is 0.308 e. The SMILES string of the molecule is COC(=O)CC1COC(C)(Cc2cccc(F)c2)O1. The van der Waals surface area contributed by atoms with Crippen molar-refractivity contribution >= 4 is 5.97 Å². The van der Waals surface area contributed by atoms with E-state index in [1.165, 1.54) is 19.2 Å². The molecule has 1 aromatic rings. The van der Waals surface area contributed by atoms with Gasteiger partial charge in [-0.3, -0.25) is 4.79 Å². The lowest BCUT2D eigenvalue weighted by Gasteiger charge is -2.23. The van der Waals surface area contributed by atoms with Gasteiger partial charge in [0.1, 0.15) is 5.82 Å². The quantitative estimate of drug-likeness (QED) is 0.784. The van der Waals surface area contributed by atoms with E-state index in [2.05, 4.69) is 4.74 Å². The topological polar surface area (TPSA) is 44.8 Å². The van der Waals surface area contributed by atoms with E-state index in [1.54, 1.807) is 13.0 Å². The molecule has 2 unspecified atom stereocenters. The van der Waals surface area contributed by atoms with Gasteiger partial charge in [0.25, 0.3) is 0 Å². The minimum atomic E-state index is -0.827. The highest BCUT2D eigenvalue weighted by Crippen LogP contribution is 2.29. The molecule has 0 amide bonds. The van der Waals surface area contributed by atoms with Crippen molar-refractivity contribution in [2.75, 3.05) is 13.7 Å². The summed E-state index contributed by atoms with van der Waals surface area (Å²) in [4.78, 5) is 11.2. The van der Waals surface area contributed by atoms with Gasteiger partial charge in [0.05, 0.1) is 26.2 Å². The minimum absolute atomic E-state index is 0.162. The Bertz CT molecular complexity index is 463. The van der Waals surface area contributed by atoms with Crippen molar-refractivity contribution in [2.45, 2.75) is 31.7 Å². The number of halogens is 1. The second-order valence-electron chi connectivity index (χ2n) is 4.77. The lowest BCUT2D eigenvalue weighted by Crippen LogP contribution is -2.30. The number of rotatable bonds is 4. The highest BCUT2D eigenvalue weighted by Gasteiger charge is 2.38. The second-order valence-corrected chi connectivity index (χ2v) is 4.77. The molecule has 0 N–H and O–H groups in total. The number of ether oxygens (including phenoxy) is 3. The average molecular weight is 268 g/mol. The Morgan fingerprint density at radius 1 is 1.58 bits per heavy atom. The van der Waals surface area contributed by atoms with Gasteiger partial charge < -0.3 is 14.2 Å². The molecule has 0 saturated carbocycles. The Labute approximate surface area is 111 Å². The van der Waals surface area contributed by atoms with E-state index in [-0.39, 0.29) is 24.3 Å². The van der Waals surface area contributed by atoms with Gasteiger partial charge in [0, 0.05) is 6.42 Å². The van der Waals surface area contributed by atoms with Gasteiger partial charge in [0.2, 0.25) is 0 Å². The molecule has 104 valence electrons. The molecule has 1 saturated heterocycles. The summed E-state index contributed by atoms with van der Waals surface area (Å²) >= 11 is 0. The van der Waals surface area contributed by atoms with Crippen LogP contribution in [0.5, 0.6) is 0 Å². The fraction of sp³-hybridized carbons (Fsp3) is 0.500.